The zero-order valence-corrected chi connectivity index (χ0v) is 22.8. The number of halogens is 1. The quantitative estimate of drug-likeness (QED) is 0.342. The maximum Gasteiger partial charge on any atom is 0.257 e. The number of anilines is 2. The first-order chi connectivity index (χ1) is 18.8. The van der Waals surface area contributed by atoms with Gasteiger partial charge >= 0.3 is 0 Å². The summed E-state index contributed by atoms with van der Waals surface area (Å²) in [5.74, 6) is -0.0597. The largest absolute Gasteiger partial charge is 0.493 e. The number of aryl methyl sites for hydroxylation is 1. The highest BCUT2D eigenvalue weighted by Gasteiger charge is 2.31. The number of nitrogens with zero attached hydrogens (tertiary/aromatic N) is 5. The molecule has 4 heterocycles. The molecule has 1 saturated heterocycles. The number of fused-ring (bicyclic) bond motifs is 1. The lowest BCUT2D eigenvalue weighted by atomic mass is 9.97. The molecule has 10 nitrogen and oxygen atoms in total. The monoisotopic (exact) mass is 551 g/mol. The van der Waals surface area contributed by atoms with Crippen LogP contribution < -0.4 is 15.8 Å². The molecule has 1 atom stereocenters. The van der Waals surface area contributed by atoms with Gasteiger partial charge in [0.2, 0.25) is 11.9 Å². The number of aromatic nitrogens is 4. The second-order valence-electron chi connectivity index (χ2n) is 9.38. The van der Waals surface area contributed by atoms with Crippen LogP contribution in [0.5, 0.6) is 5.75 Å². The fraction of sp³-hybridized carbons (Fsp3) is 0.370. The van der Waals surface area contributed by atoms with Gasteiger partial charge in [0.05, 0.1) is 12.8 Å². The van der Waals surface area contributed by atoms with Crippen molar-refractivity contribution in [1.82, 2.24) is 24.3 Å². The lowest BCUT2D eigenvalue weighted by molar-refractivity contribution is -0.132. The molecule has 1 aliphatic heterocycles. The van der Waals surface area contributed by atoms with Crippen molar-refractivity contribution < 1.29 is 18.7 Å². The molecule has 1 unspecified atom stereocenters. The van der Waals surface area contributed by atoms with E-state index < -0.39 is 5.95 Å². The third kappa shape index (κ3) is 5.16. The number of hydrogen-bond acceptors (Lipinski definition) is 8. The minimum atomic E-state index is -0.598. The summed E-state index contributed by atoms with van der Waals surface area (Å²) < 4.78 is 22.6. The van der Waals surface area contributed by atoms with E-state index in [1.165, 1.54) is 15.7 Å². The molecule has 1 fully saturated rings. The molecule has 5 rings (SSSR count). The van der Waals surface area contributed by atoms with Gasteiger partial charge in [-0.1, -0.05) is 6.92 Å². The van der Waals surface area contributed by atoms with E-state index >= 15 is 4.39 Å². The minimum Gasteiger partial charge on any atom is -0.493 e. The van der Waals surface area contributed by atoms with Crippen LogP contribution in [0.1, 0.15) is 60.1 Å². The molecule has 0 bridgehead atoms. The third-order valence-corrected chi connectivity index (χ3v) is 7.58. The Hall–Kier alpha value is -4.06. The topological polar surface area (TPSA) is 128 Å². The van der Waals surface area contributed by atoms with Crippen LogP contribution in [0.4, 0.5) is 15.3 Å². The maximum atomic E-state index is 15.3. The summed E-state index contributed by atoms with van der Waals surface area (Å²) >= 11 is 1.38. The molecule has 3 aromatic heterocycles. The third-order valence-electron chi connectivity index (χ3n) is 6.75. The van der Waals surface area contributed by atoms with E-state index in [0.717, 1.165) is 23.9 Å². The van der Waals surface area contributed by atoms with Crippen LogP contribution in [-0.4, -0.2) is 55.8 Å². The van der Waals surface area contributed by atoms with Crippen LogP contribution in [-0.2, 0) is 4.79 Å². The van der Waals surface area contributed by atoms with Crippen LogP contribution in [0.25, 0.3) is 16.8 Å². The van der Waals surface area contributed by atoms with Gasteiger partial charge in [-0.05, 0) is 44.9 Å². The number of nitrogens with two attached hydrogens (primary N) is 1. The Kier molecular flexibility index (Phi) is 7.47. The molecule has 204 valence electrons. The second kappa shape index (κ2) is 11.0. The number of nitrogen functional groups attached to an aromatic ring is 1. The van der Waals surface area contributed by atoms with Crippen molar-refractivity contribution in [3.05, 3.63) is 52.8 Å². The fourth-order valence-corrected chi connectivity index (χ4v) is 5.61. The number of thiazole rings is 1. The summed E-state index contributed by atoms with van der Waals surface area (Å²) in [5, 5.41) is 3.30. The Morgan fingerprint density at radius 2 is 2.08 bits per heavy atom. The molecule has 0 aliphatic carbocycles. The predicted octanol–water partition coefficient (Wildman–Crippen LogP) is 4.65. The van der Waals surface area contributed by atoms with Crippen molar-refractivity contribution in [3.63, 3.8) is 0 Å². The highest BCUT2D eigenvalue weighted by atomic mass is 32.1. The molecule has 1 aromatic carbocycles. The average Bonchev–Trinajstić information content (AvgIpc) is 3.55. The second-order valence-corrected chi connectivity index (χ2v) is 10.6. The number of carbonyl (C=O) groups excluding carboxylic acids is 2. The molecule has 0 radical (unpaired) electrons. The zero-order chi connectivity index (χ0) is 27.7. The van der Waals surface area contributed by atoms with Crippen LogP contribution in [0.3, 0.4) is 0 Å². The van der Waals surface area contributed by atoms with Crippen LogP contribution in [0.15, 0.2) is 30.6 Å². The van der Waals surface area contributed by atoms with Gasteiger partial charge in [0.15, 0.2) is 5.13 Å². The minimum absolute atomic E-state index is 0.0582. The Bertz CT molecular complexity index is 1550. The number of likely N-dealkylation sites (tertiary alicyclic amines) is 1. The van der Waals surface area contributed by atoms with Gasteiger partial charge in [-0.2, -0.15) is 4.39 Å². The van der Waals surface area contributed by atoms with Crippen molar-refractivity contribution >= 4 is 39.6 Å². The summed E-state index contributed by atoms with van der Waals surface area (Å²) in [6.07, 6.45) is 4.71. The van der Waals surface area contributed by atoms with E-state index in [9.17, 15) is 9.59 Å². The Morgan fingerprint density at radius 3 is 2.79 bits per heavy atom. The number of ether oxygens (including phenoxy) is 1. The standard InChI is InChI=1S/C27H30FN7O3S/c1-4-21(36)34-10-6-7-17(14-34)25-32-22(23-24(29)30-13-20(28)35(23)25)18-9-8-16(11-19(18)38-5-2)26(37)33-27-31-12-15(3)39-27/h8-9,11-13,17H,4-7,10,14H2,1-3H3,(H2,29,30)(H,31,33,37). The Morgan fingerprint density at radius 1 is 1.26 bits per heavy atom. The van der Waals surface area contributed by atoms with Gasteiger partial charge in [0.25, 0.3) is 5.91 Å². The van der Waals surface area contributed by atoms with Crippen LogP contribution in [0, 0.1) is 12.9 Å². The molecule has 3 N–H and O–H groups in total. The molecule has 2 amide bonds. The van der Waals surface area contributed by atoms with E-state index in [2.05, 4.69) is 15.3 Å². The van der Waals surface area contributed by atoms with Crippen molar-refractivity contribution in [2.45, 2.75) is 46.0 Å². The molecule has 4 aromatic rings. The summed E-state index contributed by atoms with van der Waals surface area (Å²) in [7, 11) is 0. The maximum absolute atomic E-state index is 15.3. The first kappa shape index (κ1) is 26.5. The number of carbonyl (C=O) groups is 2. The SMILES string of the molecule is CCOc1cc(C(=O)Nc2ncc(C)s2)ccc1-c1nc(C2CCCN(C(=O)CC)C2)n2c(F)cnc(N)c12. The lowest BCUT2D eigenvalue weighted by Crippen LogP contribution is -2.39. The Labute approximate surface area is 229 Å². The molecule has 0 saturated carbocycles. The molecular formula is C27H30FN7O3S. The van der Waals surface area contributed by atoms with Gasteiger partial charge in [-0.3, -0.25) is 19.3 Å². The summed E-state index contributed by atoms with van der Waals surface area (Å²) in [6.45, 7) is 7.03. The van der Waals surface area contributed by atoms with E-state index in [4.69, 9.17) is 15.5 Å². The van der Waals surface area contributed by atoms with Crippen molar-refractivity contribution in [1.29, 1.82) is 0 Å². The first-order valence-corrected chi connectivity index (χ1v) is 13.7. The van der Waals surface area contributed by atoms with Gasteiger partial charge in [-0.25, -0.2) is 15.0 Å². The number of hydrogen-bond donors (Lipinski definition) is 2. The average molecular weight is 552 g/mol. The first-order valence-electron chi connectivity index (χ1n) is 12.9. The molecule has 0 spiro atoms. The number of nitrogens with one attached hydrogen (secondary N) is 1. The number of imidazole rings is 1. The molecule has 1 aliphatic rings. The highest BCUT2D eigenvalue weighted by molar-refractivity contribution is 7.15. The number of amides is 2. The van der Waals surface area contributed by atoms with Crippen molar-refractivity contribution in [2.24, 2.45) is 0 Å². The van der Waals surface area contributed by atoms with Crippen LogP contribution in [0.2, 0.25) is 0 Å². The predicted molar refractivity (Wildman–Crippen MR) is 148 cm³/mol. The van der Waals surface area contributed by atoms with E-state index in [1.54, 1.807) is 29.3 Å². The van der Waals surface area contributed by atoms with Crippen molar-refractivity contribution in [3.8, 4) is 17.0 Å². The highest BCUT2D eigenvalue weighted by Crippen LogP contribution is 2.39. The van der Waals surface area contributed by atoms with Gasteiger partial charge in [-0.15, -0.1) is 11.3 Å². The van der Waals surface area contributed by atoms with E-state index in [1.807, 2.05) is 20.8 Å². The normalized spacial score (nSPS) is 15.5. The van der Waals surface area contributed by atoms with Gasteiger partial charge in [0, 0.05) is 47.6 Å². The van der Waals surface area contributed by atoms with Gasteiger partial charge < -0.3 is 15.4 Å². The number of rotatable bonds is 7. The Balaban J connectivity index is 1.59. The van der Waals surface area contributed by atoms with E-state index in [-0.39, 0.29) is 23.6 Å². The van der Waals surface area contributed by atoms with Crippen LogP contribution >= 0.6 is 11.3 Å². The van der Waals surface area contributed by atoms with E-state index in [0.29, 0.717) is 65.2 Å². The smallest absolute Gasteiger partial charge is 0.257 e. The zero-order valence-electron chi connectivity index (χ0n) is 22.0. The molecule has 12 heteroatoms. The summed E-state index contributed by atoms with van der Waals surface area (Å²) in [6, 6.07) is 5.01. The molecule has 39 heavy (non-hydrogen) atoms. The number of piperidine rings is 1. The fourth-order valence-electron chi connectivity index (χ4n) is 4.95. The lowest BCUT2D eigenvalue weighted by Gasteiger charge is -2.32. The summed E-state index contributed by atoms with van der Waals surface area (Å²) in [4.78, 5) is 41.3. The summed E-state index contributed by atoms with van der Waals surface area (Å²) in [5.41, 5.74) is 7.93. The molecular weight excluding hydrogens is 521 g/mol. The van der Waals surface area contributed by atoms with Crippen molar-refractivity contribution in [2.75, 3.05) is 30.7 Å². The number of benzene rings is 1. The van der Waals surface area contributed by atoms with Gasteiger partial charge in [0.1, 0.15) is 28.6 Å².